The van der Waals surface area contributed by atoms with Crippen molar-refractivity contribution >= 4 is 0 Å². The summed E-state index contributed by atoms with van der Waals surface area (Å²) in [5.41, 5.74) is 7.67. The van der Waals surface area contributed by atoms with Crippen molar-refractivity contribution in [3.05, 3.63) is 157 Å². The minimum atomic E-state index is -4.55. The van der Waals surface area contributed by atoms with E-state index < -0.39 is 11.7 Å². The molecule has 200 valence electrons. The number of hydrogen-bond acceptors (Lipinski definition) is 0. The van der Waals surface area contributed by atoms with Gasteiger partial charge in [-0.15, -0.1) is 0 Å². The van der Waals surface area contributed by atoms with Crippen LogP contribution in [0.1, 0.15) is 11.1 Å². The van der Waals surface area contributed by atoms with E-state index in [2.05, 4.69) is 0 Å². The molecule has 0 heterocycles. The molecule has 0 atom stereocenters. The minimum absolute atomic E-state index is 0.194. The maximum absolute atomic E-state index is 14.9. The van der Waals surface area contributed by atoms with Crippen molar-refractivity contribution in [1.82, 2.24) is 0 Å². The molecule has 0 bridgehead atoms. The lowest BCUT2D eigenvalue weighted by Gasteiger charge is -2.24. The van der Waals surface area contributed by atoms with E-state index in [-0.39, 0.29) is 5.56 Å². The lowest BCUT2D eigenvalue weighted by Crippen LogP contribution is -2.09. The van der Waals surface area contributed by atoms with Gasteiger partial charge >= 0.3 is 6.18 Å². The average Bonchev–Trinajstić information content (AvgIpc) is 3.01. The van der Waals surface area contributed by atoms with Gasteiger partial charge in [-0.05, 0) is 68.6 Å². The van der Waals surface area contributed by atoms with E-state index in [1.54, 1.807) is 0 Å². The fourth-order valence-corrected chi connectivity index (χ4v) is 5.68. The molecule has 0 unspecified atom stereocenters. The van der Waals surface area contributed by atoms with Gasteiger partial charge < -0.3 is 0 Å². The van der Waals surface area contributed by atoms with Crippen LogP contribution in [-0.4, -0.2) is 0 Å². The van der Waals surface area contributed by atoms with Gasteiger partial charge in [0, 0.05) is 5.56 Å². The first-order chi connectivity index (χ1) is 19.9. The molecule has 0 aliphatic heterocycles. The molecule has 0 radical (unpaired) electrons. The van der Waals surface area contributed by atoms with E-state index in [1.165, 1.54) is 12.1 Å². The highest BCUT2D eigenvalue weighted by molar-refractivity contribution is 6.00. The number of aryl methyl sites for hydroxylation is 1. The number of alkyl halides is 3. The Morgan fingerprint density at radius 1 is 0.366 bits per heavy atom. The Morgan fingerprint density at radius 3 is 1.24 bits per heavy atom. The molecule has 6 aromatic carbocycles. The summed E-state index contributed by atoms with van der Waals surface area (Å²) in [6.45, 7) is 1.89. The molecule has 0 spiro atoms. The van der Waals surface area contributed by atoms with E-state index in [0.29, 0.717) is 11.1 Å². The highest BCUT2D eigenvalue weighted by atomic mass is 19.4. The molecule has 0 aliphatic carbocycles. The van der Waals surface area contributed by atoms with Crippen molar-refractivity contribution < 1.29 is 13.2 Å². The van der Waals surface area contributed by atoms with Crippen molar-refractivity contribution in [3.63, 3.8) is 0 Å². The molecule has 0 N–H and O–H groups in total. The Morgan fingerprint density at radius 2 is 0.756 bits per heavy atom. The van der Waals surface area contributed by atoms with Crippen molar-refractivity contribution in [1.29, 1.82) is 0 Å². The first kappa shape index (κ1) is 26.3. The van der Waals surface area contributed by atoms with Gasteiger partial charge in [-0.2, -0.15) is 13.2 Å². The Hall–Kier alpha value is -4.89. The monoisotopic (exact) mass is 540 g/mol. The Labute approximate surface area is 238 Å². The first-order valence-electron chi connectivity index (χ1n) is 13.5. The standard InChI is InChI=1S/C38H27F3/c1-26-14-12-23-33(31-21-10-8-19-29(31)27-15-4-2-5-16-27)36(26)37-34(24-13-25-35(37)38(39,40)41)32-22-11-9-20-30(32)28-17-6-3-7-18-28/h2-25H,1H3. The van der Waals surface area contributed by atoms with Crippen LogP contribution >= 0.6 is 0 Å². The molecule has 0 aromatic heterocycles. The van der Waals surface area contributed by atoms with Crippen LogP contribution in [-0.2, 0) is 6.18 Å². The first-order valence-corrected chi connectivity index (χ1v) is 13.5. The van der Waals surface area contributed by atoms with Gasteiger partial charge in [0.05, 0.1) is 5.56 Å². The van der Waals surface area contributed by atoms with Crippen LogP contribution in [0.2, 0.25) is 0 Å². The summed E-state index contributed by atoms with van der Waals surface area (Å²) in [4.78, 5) is 0. The minimum Gasteiger partial charge on any atom is -0.166 e. The summed E-state index contributed by atoms with van der Waals surface area (Å²) < 4.78 is 44.6. The number of halogens is 3. The van der Waals surface area contributed by atoms with E-state index in [4.69, 9.17) is 0 Å². The zero-order valence-electron chi connectivity index (χ0n) is 22.5. The molecule has 0 saturated carbocycles. The quantitative estimate of drug-likeness (QED) is 0.204. The highest BCUT2D eigenvalue weighted by Crippen LogP contribution is 2.49. The fourth-order valence-electron chi connectivity index (χ4n) is 5.68. The second-order valence-electron chi connectivity index (χ2n) is 10.0. The van der Waals surface area contributed by atoms with Gasteiger partial charge in [0.15, 0.2) is 0 Å². The molecule has 0 nitrogen and oxygen atoms in total. The largest absolute Gasteiger partial charge is 0.417 e. The summed E-state index contributed by atoms with van der Waals surface area (Å²) in [6, 6.07) is 45.6. The van der Waals surface area contributed by atoms with Crippen LogP contribution in [0.25, 0.3) is 55.6 Å². The van der Waals surface area contributed by atoms with Crippen LogP contribution in [0.3, 0.4) is 0 Å². The van der Waals surface area contributed by atoms with E-state index in [9.17, 15) is 13.2 Å². The zero-order chi connectivity index (χ0) is 28.4. The Kier molecular flexibility index (Phi) is 7.03. The Balaban J connectivity index is 1.70. The van der Waals surface area contributed by atoms with Crippen LogP contribution in [0.5, 0.6) is 0 Å². The maximum Gasteiger partial charge on any atom is 0.417 e. The molecule has 0 saturated heterocycles. The number of rotatable bonds is 5. The van der Waals surface area contributed by atoms with Crippen molar-refractivity contribution in [2.75, 3.05) is 0 Å². The molecule has 6 aromatic rings. The normalized spacial score (nSPS) is 11.4. The van der Waals surface area contributed by atoms with Gasteiger partial charge in [0.1, 0.15) is 0 Å². The van der Waals surface area contributed by atoms with Crippen molar-refractivity contribution in [2.24, 2.45) is 0 Å². The van der Waals surface area contributed by atoms with E-state index >= 15 is 0 Å². The molecular formula is C38H27F3. The highest BCUT2D eigenvalue weighted by Gasteiger charge is 2.36. The van der Waals surface area contributed by atoms with E-state index in [0.717, 1.165) is 44.5 Å². The molecule has 0 fully saturated rings. The van der Waals surface area contributed by atoms with Crippen molar-refractivity contribution in [3.8, 4) is 55.6 Å². The topological polar surface area (TPSA) is 0 Å². The smallest absolute Gasteiger partial charge is 0.166 e. The number of benzene rings is 6. The fraction of sp³-hybridized carbons (Fsp3) is 0.0526. The summed E-state index contributed by atoms with van der Waals surface area (Å²) in [6.07, 6.45) is -4.55. The van der Waals surface area contributed by atoms with E-state index in [1.807, 2.05) is 140 Å². The van der Waals surface area contributed by atoms with Gasteiger partial charge in [-0.3, -0.25) is 0 Å². The summed E-state index contributed by atoms with van der Waals surface area (Å²) in [5, 5.41) is 0. The maximum atomic E-state index is 14.9. The lowest BCUT2D eigenvalue weighted by molar-refractivity contribution is -0.137. The Bertz CT molecular complexity index is 1820. The summed E-state index contributed by atoms with van der Waals surface area (Å²) >= 11 is 0. The van der Waals surface area contributed by atoms with Crippen LogP contribution in [0, 0.1) is 6.92 Å². The SMILES string of the molecule is Cc1cccc(-c2ccccc2-c2ccccc2)c1-c1c(-c2ccccc2-c2ccccc2)cccc1C(F)(F)F. The van der Waals surface area contributed by atoms with Crippen LogP contribution < -0.4 is 0 Å². The summed E-state index contributed by atoms with van der Waals surface area (Å²) in [5.74, 6) is 0. The molecule has 3 heteroatoms. The average molecular weight is 541 g/mol. The van der Waals surface area contributed by atoms with Crippen molar-refractivity contribution in [2.45, 2.75) is 13.1 Å². The second kappa shape index (κ2) is 10.9. The predicted octanol–water partition coefficient (Wildman–Crippen LogP) is 11.3. The molecule has 6 rings (SSSR count). The van der Waals surface area contributed by atoms with Gasteiger partial charge in [-0.1, -0.05) is 140 Å². The van der Waals surface area contributed by atoms with Crippen LogP contribution in [0.15, 0.2) is 146 Å². The van der Waals surface area contributed by atoms with Gasteiger partial charge in [-0.25, -0.2) is 0 Å². The third-order valence-corrected chi connectivity index (χ3v) is 7.50. The molecule has 0 aliphatic rings. The molecule has 41 heavy (non-hydrogen) atoms. The third kappa shape index (κ3) is 5.07. The van der Waals surface area contributed by atoms with Crippen LogP contribution in [0.4, 0.5) is 13.2 Å². The molecular weight excluding hydrogens is 513 g/mol. The number of hydrogen-bond donors (Lipinski definition) is 0. The predicted molar refractivity (Wildman–Crippen MR) is 163 cm³/mol. The molecule has 0 amide bonds. The van der Waals surface area contributed by atoms with Gasteiger partial charge in [0.2, 0.25) is 0 Å². The van der Waals surface area contributed by atoms with Gasteiger partial charge in [0.25, 0.3) is 0 Å². The third-order valence-electron chi connectivity index (χ3n) is 7.50. The summed E-state index contributed by atoms with van der Waals surface area (Å²) in [7, 11) is 0. The lowest BCUT2D eigenvalue weighted by atomic mass is 9.81. The zero-order valence-corrected chi connectivity index (χ0v) is 22.5. The second-order valence-corrected chi connectivity index (χ2v) is 10.0.